The molecule has 3 aromatic carbocycles. The minimum atomic E-state index is -0.761. The summed E-state index contributed by atoms with van der Waals surface area (Å²) in [4.78, 5) is 38.8. The molecule has 1 heterocycles. The SMILES string of the molecule is CCOC(=O)n1c2c(c3ccccc31)C=C(OC(C)=O)C(C)(C)[C@H](c1cccc3ccccc13)[C@H]2CC(OC(C)=O)=C(C)C. The Morgan fingerprint density at radius 1 is 0.841 bits per heavy atom. The van der Waals surface area contributed by atoms with E-state index in [0.29, 0.717) is 29.1 Å². The van der Waals surface area contributed by atoms with Crippen molar-refractivity contribution >= 4 is 45.8 Å². The van der Waals surface area contributed by atoms with Gasteiger partial charge in [-0.2, -0.15) is 0 Å². The van der Waals surface area contributed by atoms with Gasteiger partial charge in [-0.1, -0.05) is 74.5 Å². The maximum atomic E-state index is 13.9. The van der Waals surface area contributed by atoms with E-state index in [1.807, 2.05) is 62.4 Å². The van der Waals surface area contributed by atoms with Gasteiger partial charge in [0, 0.05) is 54.2 Å². The topological polar surface area (TPSA) is 83.8 Å². The number of aromatic nitrogens is 1. The molecule has 7 nitrogen and oxygen atoms in total. The zero-order chi connectivity index (χ0) is 31.8. The summed E-state index contributed by atoms with van der Waals surface area (Å²) in [6, 6.07) is 22.0. The van der Waals surface area contributed by atoms with Crippen LogP contribution in [-0.2, 0) is 23.8 Å². The first-order valence-corrected chi connectivity index (χ1v) is 15.0. The maximum absolute atomic E-state index is 13.9. The van der Waals surface area contributed by atoms with Crippen molar-refractivity contribution in [1.29, 1.82) is 0 Å². The van der Waals surface area contributed by atoms with Crippen LogP contribution in [0.4, 0.5) is 4.79 Å². The number of para-hydroxylation sites is 1. The molecule has 1 aliphatic rings. The summed E-state index contributed by atoms with van der Waals surface area (Å²) in [5.74, 6) is -0.588. The fourth-order valence-corrected chi connectivity index (χ4v) is 6.70. The van der Waals surface area contributed by atoms with Gasteiger partial charge in [-0.3, -0.25) is 9.59 Å². The van der Waals surface area contributed by atoms with Crippen LogP contribution in [0.25, 0.3) is 27.8 Å². The minimum absolute atomic E-state index is 0.199. The number of hydrogen-bond donors (Lipinski definition) is 0. The summed E-state index contributed by atoms with van der Waals surface area (Å²) in [5.41, 5.74) is 3.28. The molecule has 5 rings (SSSR count). The number of carbonyl (C=O) groups is 3. The summed E-state index contributed by atoms with van der Waals surface area (Å²) in [7, 11) is 0. The summed E-state index contributed by atoms with van der Waals surface area (Å²) in [6.45, 7) is 12.7. The van der Waals surface area contributed by atoms with Crippen molar-refractivity contribution in [1.82, 2.24) is 4.57 Å². The van der Waals surface area contributed by atoms with Gasteiger partial charge in [0.25, 0.3) is 0 Å². The highest BCUT2D eigenvalue weighted by atomic mass is 16.6. The molecule has 1 aliphatic carbocycles. The van der Waals surface area contributed by atoms with Crippen LogP contribution in [0.5, 0.6) is 0 Å². The fraction of sp³-hybridized carbons (Fsp3) is 0.324. The predicted molar refractivity (Wildman–Crippen MR) is 172 cm³/mol. The maximum Gasteiger partial charge on any atom is 0.418 e. The van der Waals surface area contributed by atoms with Gasteiger partial charge in [-0.25, -0.2) is 9.36 Å². The molecule has 0 amide bonds. The van der Waals surface area contributed by atoms with E-state index < -0.39 is 29.4 Å². The van der Waals surface area contributed by atoms with Crippen LogP contribution in [0.1, 0.15) is 83.5 Å². The zero-order valence-electron chi connectivity index (χ0n) is 26.4. The third kappa shape index (κ3) is 5.54. The molecule has 0 fully saturated rings. The second kappa shape index (κ2) is 12.2. The van der Waals surface area contributed by atoms with Crippen molar-refractivity contribution in [2.24, 2.45) is 5.41 Å². The Balaban J connectivity index is 1.96. The number of hydrogen-bond acceptors (Lipinski definition) is 6. The van der Waals surface area contributed by atoms with Crippen LogP contribution in [-0.4, -0.2) is 29.2 Å². The van der Waals surface area contributed by atoms with Crippen LogP contribution in [0.3, 0.4) is 0 Å². The third-order valence-electron chi connectivity index (χ3n) is 8.49. The number of rotatable bonds is 6. The molecule has 0 saturated heterocycles. The number of fused-ring (bicyclic) bond motifs is 4. The number of allylic oxidation sites excluding steroid dienone is 3. The van der Waals surface area contributed by atoms with E-state index in [1.54, 1.807) is 11.5 Å². The Bertz CT molecular complexity index is 1830. The molecule has 228 valence electrons. The van der Waals surface area contributed by atoms with E-state index in [4.69, 9.17) is 14.2 Å². The van der Waals surface area contributed by atoms with E-state index >= 15 is 0 Å². The van der Waals surface area contributed by atoms with Gasteiger partial charge < -0.3 is 14.2 Å². The fourth-order valence-electron chi connectivity index (χ4n) is 6.70. The van der Waals surface area contributed by atoms with Gasteiger partial charge in [0.15, 0.2) is 0 Å². The first-order valence-electron chi connectivity index (χ1n) is 15.0. The lowest BCUT2D eigenvalue weighted by molar-refractivity contribution is -0.139. The van der Waals surface area contributed by atoms with E-state index in [9.17, 15) is 14.4 Å². The second-order valence-corrected chi connectivity index (χ2v) is 12.0. The third-order valence-corrected chi connectivity index (χ3v) is 8.49. The van der Waals surface area contributed by atoms with E-state index in [2.05, 4.69) is 38.1 Å². The Morgan fingerprint density at radius 2 is 1.50 bits per heavy atom. The van der Waals surface area contributed by atoms with Gasteiger partial charge in [-0.15, -0.1) is 0 Å². The van der Waals surface area contributed by atoms with Crippen molar-refractivity contribution in [3.05, 3.63) is 101 Å². The molecule has 44 heavy (non-hydrogen) atoms. The van der Waals surface area contributed by atoms with Crippen LogP contribution < -0.4 is 0 Å². The Hall–Kier alpha value is -4.65. The van der Waals surface area contributed by atoms with Gasteiger partial charge in [0.2, 0.25) is 0 Å². The monoisotopic (exact) mass is 593 g/mol. The molecule has 1 aromatic heterocycles. The molecule has 0 radical (unpaired) electrons. The van der Waals surface area contributed by atoms with Gasteiger partial charge in [0.1, 0.15) is 11.5 Å². The molecule has 4 aromatic rings. The van der Waals surface area contributed by atoms with Crippen molar-refractivity contribution in [2.45, 2.75) is 66.7 Å². The largest absolute Gasteiger partial charge is 0.449 e. The number of esters is 2. The highest BCUT2D eigenvalue weighted by Gasteiger charge is 2.48. The summed E-state index contributed by atoms with van der Waals surface area (Å²) >= 11 is 0. The summed E-state index contributed by atoms with van der Waals surface area (Å²) in [5, 5.41) is 2.94. The number of benzene rings is 3. The smallest absolute Gasteiger partial charge is 0.418 e. The molecular formula is C37H39NO6. The minimum Gasteiger partial charge on any atom is -0.449 e. The zero-order valence-corrected chi connectivity index (χ0v) is 26.4. The van der Waals surface area contributed by atoms with Crippen LogP contribution in [0, 0.1) is 5.41 Å². The summed E-state index contributed by atoms with van der Waals surface area (Å²) in [6.07, 6.45) is 1.71. The van der Waals surface area contributed by atoms with Gasteiger partial charge >= 0.3 is 18.0 Å². The molecule has 2 atom stereocenters. The Kier molecular flexibility index (Phi) is 8.51. The number of carbonyl (C=O) groups excluding carboxylic acids is 3. The average Bonchev–Trinajstić information content (AvgIpc) is 3.25. The highest BCUT2D eigenvalue weighted by molar-refractivity contribution is 5.99. The van der Waals surface area contributed by atoms with E-state index in [0.717, 1.165) is 32.9 Å². The van der Waals surface area contributed by atoms with Crippen molar-refractivity contribution in [3.8, 4) is 0 Å². The van der Waals surface area contributed by atoms with Gasteiger partial charge in [0.05, 0.1) is 12.1 Å². The number of ether oxygens (including phenoxy) is 3. The van der Waals surface area contributed by atoms with Crippen LogP contribution in [0.15, 0.2) is 83.8 Å². The molecule has 7 heteroatoms. The van der Waals surface area contributed by atoms with Crippen LogP contribution in [0.2, 0.25) is 0 Å². The van der Waals surface area contributed by atoms with E-state index in [-0.39, 0.29) is 12.5 Å². The quantitative estimate of drug-likeness (QED) is 0.126. The molecule has 0 bridgehead atoms. The molecule has 0 saturated carbocycles. The van der Waals surface area contributed by atoms with Crippen molar-refractivity contribution < 1.29 is 28.6 Å². The lowest BCUT2D eigenvalue weighted by Crippen LogP contribution is -2.32. The molecule has 0 N–H and O–H groups in total. The van der Waals surface area contributed by atoms with Crippen molar-refractivity contribution in [3.63, 3.8) is 0 Å². The molecular weight excluding hydrogens is 554 g/mol. The van der Waals surface area contributed by atoms with Crippen LogP contribution >= 0.6 is 0 Å². The Labute approximate surface area is 258 Å². The first-order chi connectivity index (χ1) is 20.9. The molecule has 0 spiro atoms. The van der Waals surface area contributed by atoms with Gasteiger partial charge in [-0.05, 0) is 54.8 Å². The van der Waals surface area contributed by atoms with Crippen molar-refractivity contribution in [2.75, 3.05) is 6.61 Å². The second-order valence-electron chi connectivity index (χ2n) is 12.0. The Morgan fingerprint density at radius 3 is 2.16 bits per heavy atom. The predicted octanol–water partition coefficient (Wildman–Crippen LogP) is 8.86. The van der Waals surface area contributed by atoms with E-state index in [1.165, 1.54) is 13.8 Å². The first kappa shape index (κ1) is 30.8. The standard InChI is InChI=1S/C37H39NO6/c1-8-42-36(41)38-31-19-12-11-17-27(31)29-21-33(44-24(5)40)37(6,7)34(28-18-13-15-25-14-9-10-16-26(25)28)30(35(29)38)20-32(22(2)3)43-23(4)39/h9-19,21,30,34H,8,20H2,1-7H3/t30-,34-/m1/s1. The lowest BCUT2D eigenvalue weighted by Gasteiger charge is -2.40. The normalized spacial score (nSPS) is 17.3. The average molecular weight is 594 g/mol. The lowest BCUT2D eigenvalue weighted by atomic mass is 9.65. The molecule has 0 aliphatic heterocycles. The summed E-state index contributed by atoms with van der Waals surface area (Å²) < 4.78 is 19.2. The molecule has 0 unspecified atom stereocenters. The highest BCUT2D eigenvalue weighted by Crippen LogP contribution is 2.57. The number of nitrogens with zero attached hydrogens (tertiary/aromatic N) is 1.